The summed E-state index contributed by atoms with van der Waals surface area (Å²) in [6.45, 7) is 3.99. The third-order valence-electron chi connectivity index (χ3n) is 2.99. The molecule has 19 heavy (non-hydrogen) atoms. The van der Waals surface area contributed by atoms with Gasteiger partial charge >= 0.3 is 5.97 Å². The van der Waals surface area contributed by atoms with Gasteiger partial charge in [0.05, 0.1) is 7.11 Å². The largest absolute Gasteiger partial charge is 0.490 e. The zero-order valence-corrected chi connectivity index (χ0v) is 11.5. The minimum absolute atomic E-state index is 0.0178. The molecule has 1 heterocycles. The van der Waals surface area contributed by atoms with Crippen LogP contribution in [0.4, 0.5) is 0 Å². The standard InChI is InChI=1S/C16H18O3/c1-11-4-6-13(7-5-11)9-15-10-14(16(17)18-3)8-12(2)19-15/h4-7,9-10,12H,8H2,1-3H3. The van der Waals surface area contributed by atoms with Crippen LogP contribution in [0.2, 0.25) is 0 Å². The Bertz CT molecular complexity index is 523. The molecule has 1 atom stereocenters. The molecule has 0 saturated carbocycles. The van der Waals surface area contributed by atoms with Gasteiger partial charge in [-0.1, -0.05) is 29.8 Å². The Balaban J connectivity index is 2.27. The van der Waals surface area contributed by atoms with Crippen LogP contribution in [-0.2, 0) is 14.3 Å². The third kappa shape index (κ3) is 3.47. The van der Waals surface area contributed by atoms with Crippen molar-refractivity contribution in [2.75, 3.05) is 7.11 Å². The molecule has 0 aliphatic carbocycles. The first-order chi connectivity index (χ1) is 9.08. The normalized spacial score (nSPS) is 20.7. The summed E-state index contributed by atoms with van der Waals surface area (Å²) in [6.07, 6.45) is 4.25. The van der Waals surface area contributed by atoms with Crippen LogP contribution in [0.3, 0.4) is 0 Å². The fraction of sp³-hybridized carbons (Fsp3) is 0.312. The Morgan fingerprint density at radius 2 is 2.05 bits per heavy atom. The van der Waals surface area contributed by atoms with E-state index in [0.29, 0.717) is 17.8 Å². The predicted molar refractivity (Wildman–Crippen MR) is 74.4 cm³/mol. The number of ether oxygens (including phenoxy) is 2. The van der Waals surface area contributed by atoms with Crippen molar-refractivity contribution in [3.05, 3.63) is 52.8 Å². The van der Waals surface area contributed by atoms with Crippen molar-refractivity contribution in [3.8, 4) is 0 Å². The number of rotatable bonds is 2. The van der Waals surface area contributed by atoms with Crippen molar-refractivity contribution < 1.29 is 14.3 Å². The van der Waals surface area contributed by atoms with E-state index in [-0.39, 0.29) is 12.1 Å². The lowest BCUT2D eigenvalue weighted by atomic mass is 10.0. The minimum Gasteiger partial charge on any atom is -0.490 e. The molecule has 0 radical (unpaired) electrons. The molecular formula is C16H18O3. The van der Waals surface area contributed by atoms with Crippen molar-refractivity contribution in [2.45, 2.75) is 26.4 Å². The zero-order valence-electron chi connectivity index (χ0n) is 11.5. The van der Waals surface area contributed by atoms with E-state index in [1.54, 1.807) is 6.08 Å². The average molecular weight is 258 g/mol. The fourth-order valence-electron chi connectivity index (χ4n) is 2.02. The fourth-order valence-corrected chi connectivity index (χ4v) is 2.02. The molecule has 1 aliphatic heterocycles. The van der Waals surface area contributed by atoms with Crippen LogP contribution in [-0.4, -0.2) is 19.2 Å². The van der Waals surface area contributed by atoms with Gasteiger partial charge in [-0.25, -0.2) is 4.79 Å². The molecular weight excluding hydrogens is 240 g/mol. The van der Waals surface area contributed by atoms with Gasteiger partial charge in [0, 0.05) is 12.0 Å². The van der Waals surface area contributed by atoms with Crippen LogP contribution in [0.5, 0.6) is 0 Å². The number of methoxy groups -OCH3 is 1. The van der Waals surface area contributed by atoms with Crippen molar-refractivity contribution in [1.29, 1.82) is 0 Å². The first-order valence-corrected chi connectivity index (χ1v) is 6.32. The maximum atomic E-state index is 11.6. The van der Waals surface area contributed by atoms with Gasteiger partial charge in [0.15, 0.2) is 0 Å². The van der Waals surface area contributed by atoms with Gasteiger partial charge < -0.3 is 9.47 Å². The summed E-state index contributed by atoms with van der Waals surface area (Å²) in [6, 6.07) is 8.14. The van der Waals surface area contributed by atoms with E-state index in [1.807, 2.05) is 44.2 Å². The number of allylic oxidation sites excluding steroid dienone is 1. The maximum Gasteiger partial charge on any atom is 0.333 e. The van der Waals surface area contributed by atoms with Crippen molar-refractivity contribution >= 4 is 12.0 Å². The average Bonchev–Trinajstić information content (AvgIpc) is 2.40. The summed E-state index contributed by atoms with van der Waals surface area (Å²) in [5.74, 6) is 0.410. The van der Waals surface area contributed by atoms with E-state index < -0.39 is 0 Å². The van der Waals surface area contributed by atoms with E-state index in [4.69, 9.17) is 9.47 Å². The number of carbonyl (C=O) groups excluding carboxylic acids is 1. The van der Waals surface area contributed by atoms with Crippen molar-refractivity contribution in [2.24, 2.45) is 0 Å². The molecule has 0 amide bonds. The highest BCUT2D eigenvalue weighted by molar-refractivity contribution is 5.89. The van der Waals surface area contributed by atoms with Crippen molar-refractivity contribution in [3.63, 3.8) is 0 Å². The van der Waals surface area contributed by atoms with Crippen molar-refractivity contribution in [1.82, 2.24) is 0 Å². The number of benzene rings is 1. The molecule has 1 aromatic rings. The van der Waals surface area contributed by atoms with E-state index in [1.165, 1.54) is 12.7 Å². The summed E-state index contributed by atoms with van der Waals surface area (Å²) in [7, 11) is 1.40. The Labute approximate surface area is 113 Å². The molecule has 100 valence electrons. The molecule has 0 bridgehead atoms. The van der Waals surface area contributed by atoms with Gasteiger partial charge in [-0.3, -0.25) is 0 Å². The first-order valence-electron chi connectivity index (χ1n) is 6.32. The second-order valence-electron chi connectivity index (χ2n) is 4.75. The molecule has 3 heteroatoms. The van der Waals surface area contributed by atoms with E-state index in [9.17, 15) is 4.79 Å². The predicted octanol–water partition coefficient (Wildman–Crippen LogP) is 3.24. The minimum atomic E-state index is -0.287. The smallest absolute Gasteiger partial charge is 0.333 e. The maximum absolute atomic E-state index is 11.6. The molecule has 0 aromatic heterocycles. The Kier molecular flexibility index (Phi) is 4.05. The van der Waals surface area contributed by atoms with Gasteiger partial charge in [0.2, 0.25) is 0 Å². The summed E-state index contributed by atoms with van der Waals surface area (Å²) < 4.78 is 10.5. The SMILES string of the molecule is COC(=O)C1=CC(=Cc2ccc(C)cc2)OC(C)C1. The Morgan fingerprint density at radius 1 is 1.37 bits per heavy atom. The highest BCUT2D eigenvalue weighted by Gasteiger charge is 2.20. The Morgan fingerprint density at radius 3 is 2.68 bits per heavy atom. The number of aryl methyl sites for hydroxylation is 1. The Hall–Kier alpha value is -2.03. The number of hydrogen-bond donors (Lipinski definition) is 0. The topological polar surface area (TPSA) is 35.5 Å². The highest BCUT2D eigenvalue weighted by atomic mass is 16.5. The molecule has 0 N–H and O–H groups in total. The summed E-state index contributed by atoms with van der Waals surface area (Å²) in [5.41, 5.74) is 2.92. The van der Waals surface area contributed by atoms with E-state index in [2.05, 4.69) is 0 Å². The summed E-state index contributed by atoms with van der Waals surface area (Å²) >= 11 is 0. The molecule has 0 saturated heterocycles. The van der Waals surface area contributed by atoms with Gasteiger partial charge in [-0.2, -0.15) is 0 Å². The first kappa shape index (κ1) is 13.4. The van der Waals surface area contributed by atoms with E-state index >= 15 is 0 Å². The molecule has 0 fully saturated rings. The van der Waals surface area contributed by atoms with Crippen LogP contribution in [0.1, 0.15) is 24.5 Å². The molecule has 2 rings (SSSR count). The van der Waals surface area contributed by atoms with Crippen LogP contribution in [0, 0.1) is 6.92 Å². The second kappa shape index (κ2) is 5.74. The molecule has 3 nitrogen and oxygen atoms in total. The molecule has 1 aliphatic rings. The zero-order chi connectivity index (χ0) is 13.8. The summed E-state index contributed by atoms with van der Waals surface area (Å²) in [5, 5.41) is 0. The van der Waals surface area contributed by atoms with Crippen LogP contribution < -0.4 is 0 Å². The lowest BCUT2D eigenvalue weighted by Gasteiger charge is -2.22. The lowest BCUT2D eigenvalue weighted by Crippen LogP contribution is -2.18. The van der Waals surface area contributed by atoms with Gasteiger partial charge in [0.1, 0.15) is 11.9 Å². The van der Waals surface area contributed by atoms with Crippen LogP contribution in [0.25, 0.3) is 6.08 Å². The van der Waals surface area contributed by atoms with Gasteiger partial charge in [-0.15, -0.1) is 0 Å². The van der Waals surface area contributed by atoms with E-state index in [0.717, 1.165) is 5.56 Å². The van der Waals surface area contributed by atoms with Gasteiger partial charge in [-0.05, 0) is 31.6 Å². The van der Waals surface area contributed by atoms with Crippen LogP contribution >= 0.6 is 0 Å². The second-order valence-corrected chi connectivity index (χ2v) is 4.75. The van der Waals surface area contributed by atoms with Crippen LogP contribution in [0.15, 0.2) is 41.7 Å². The number of carbonyl (C=O) groups is 1. The molecule has 1 aromatic carbocycles. The molecule has 1 unspecified atom stereocenters. The summed E-state index contributed by atoms with van der Waals surface area (Å²) in [4.78, 5) is 11.6. The van der Waals surface area contributed by atoms with Gasteiger partial charge in [0.25, 0.3) is 0 Å². The lowest BCUT2D eigenvalue weighted by molar-refractivity contribution is -0.136. The third-order valence-corrected chi connectivity index (χ3v) is 2.99. The molecule has 0 spiro atoms. The number of hydrogen-bond acceptors (Lipinski definition) is 3. The highest BCUT2D eigenvalue weighted by Crippen LogP contribution is 2.24. The quantitative estimate of drug-likeness (QED) is 0.764. The number of esters is 1. The monoisotopic (exact) mass is 258 g/mol.